The van der Waals surface area contributed by atoms with Gasteiger partial charge in [-0.1, -0.05) is 24.3 Å². The van der Waals surface area contributed by atoms with E-state index in [9.17, 15) is 13.2 Å². The maximum Gasteiger partial charge on any atom is 0.255 e. The average Bonchev–Trinajstić information content (AvgIpc) is 2.68. The van der Waals surface area contributed by atoms with Crippen LogP contribution in [0.2, 0.25) is 0 Å². The van der Waals surface area contributed by atoms with Gasteiger partial charge in [0.15, 0.2) is 0 Å². The van der Waals surface area contributed by atoms with Crippen LogP contribution in [0.25, 0.3) is 0 Å². The molecule has 1 amide bonds. The number of carbonyl (C=O) groups excluding carboxylic acids is 1. The summed E-state index contributed by atoms with van der Waals surface area (Å²) in [6.07, 6.45) is 3.23. The fourth-order valence-electron chi connectivity index (χ4n) is 3.23. The Hall–Kier alpha value is -1.87. The Labute approximate surface area is 171 Å². The van der Waals surface area contributed by atoms with Gasteiger partial charge in [0.25, 0.3) is 5.91 Å². The third-order valence-corrected chi connectivity index (χ3v) is 6.85. The Morgan fingerprint density at radius 2 is 1.79 bits per heavy atom. The quantitative estimate of drug-likeness (QED) is 0.729. The lowest BCUT2D eigenvalue weighted by atomic mass is 10.1. The summed E-state index contributed by atoms with van der Waals surface area (Å²) in [4.78, 5) is 15.9. The van der Waals surface area contributed by atoms with Crippen molar-refractivity contribution in [3.05, 3.63) is 59.7 Å². The van der Waals surface area contributed by atoms with Crippen LogP contribution in [0.3, 0.4) is 0 Å². The predicted octanol–water partition coefficient (Wildman–Crippen LogP) is 2.74. The topological polar surface area (TPSA) is 69.7 Å². The van der Waals surface area contributed by atoms with Crippen molar-refractivity contribution in [3.8, 4) is 0 Å². The largest absolute Gasteiger partial charge is 0.321 e. The fraction of sp³-hybridized carbons (Fsp3) is 0.350. The molecule has 0 spiro atoms. The van der Waals surface area contributed by atoms with Gasteiger partial charge in [-0.05, 0) is 36.1 Å². The molecule has 8 heteroatoms. The highest BCUT2D eigenvalue weighted by Crippen LogP contribution is 2.25. The summed E-state index contributed by atoms with van der Waals surface area (Å²) in [5, 5.41) is 2.98. The molecular weight excluding hydrogens is 394 g/mol. The minimum Gasteiger partial charge on any atom is -0.321 e. The van der Waals surface area contributed by atoms with Gasteiger partial charge in [-0.2, -0.15) is 4.31 Å². The standard InChI is InChI=1S/C20H25N3O3S2/c1-27-19-9-4-3-8-18(19)21-20(24)17-7-5-6-16(14-17)15-22-10-12-23(13-11-22)28(2,25)26/h3-9,14H,10-13,15H2,1-2H3,(H,21,24). The van der Waals surface area contributed by atoms with Crippen molar-refractivity contribution in [1.82, 2.24) is 9.21 Å². The number of nitrogens with zero attached hydrogens (tertiary/aromatic N) is 2. The number of amides is 1. The number of piperazine rings is 1. The zero-order chi connectivity index (χ0) is 20.1. The summed E-state index contributed by atoms with van der Waals surface area (Å²) in [5.41, 5.74) is 2.46. The van der Waals surface area contributed by atoms with E-state index in [1.165, 1.54) is 10.6 Å². The Morgan fingerprint density at radius 3 is 2.46 bits per heavy atom. The van der Waals surface area contributed by atoms with Crippen LogP contribution in [-0.2, 0) is 16.6 Å². The van der Waals surface area contributed by atoms with E-state index in [0.29, 0.717) is 38.3 Å². The molecule has 6 nitrogen and oxygen atoms in total. The van der Waals surface area contributed by atoms with E-state index in [-0.39, 0.29) is 5.91 Å². The van der Waals surface area contributed by atoms with Crippen LogP contribution >= 0.6 is 11.8 Å². The molecule has 2 aromatic carbocycles. The second kappa shape index (κ2) is 9.09. The SMILES string of the molecule is CSc1ccccc1NC(=O)c1cccc(CN2CCN(S(C)(=O)=O)CC2)c1. The first kappa shape index (κ1) is 20.9. The van der Waals surface area contributed by atoms with E-state index in [0.717, 1.165) is 16.1 Å². The highest BCUT2D eigenvalue weighted by Gasteiger charge is 2.23. The molecule has 150 valence electrons. The van der Waals surface area contributed by atoms with E-state index in [1.807, 2.05) is 54.8 Å². The van der Waals surface area contributed by atoms with Gasteiger partial charge in [-0.3, -0.25) is 9.69 Å². The third-order valence-electron chi connectivity index (χ3n) is 4.75. The summed E-state index contributed by atoms with van der Waals surface area (Å²) in [6.45, 7) is 3.07. The maximum atomic E-state index is 12.7. The van der Waals surface area contributed by atoms with Gasteiger partial charge in [0.05, 0.1) is 11.9 Å². The molecule has 0 aliphatic carbocycles. The van der Waals surface area contributed by atoms with Crippen molar-refractivity contribution in [2.45, 2.75) is 11.4 Å². The monoisotopic (exact) mass is 419 g/mol. The summed E-state index contributed by atoms with van der Waals surface area (Å²) in [7, 11) is -3.12. The Bertz CT molecular complexity index is 939. The normalized spacial score (nSPS) is 16.1. The van der Waals surface area contributed by atoms with Crippen LogP contribution in [0.15, 0.2) is 53.4 Å². The van der Waals surface area contributed by atoms with Crippen molar-refractivity contribution in [2.24, 2.45) is 0 Å². The smallest absolute Gasteiger partial charge is 0.255 e. The lowest BCUT2D eigenvalue weighted by Crippen LogP contribution is -2.47. The van der Waals surface area contributed by atoms with Gasteiger partial charge in [0.1, 0.15) is 0 Å². The van der Waals surface area contributed by atoms with Crippen molar-refractivity contribution in [1.29, 1.82) is 0 Å². The first-order valence-corrected chi connectivity index (χ1v) is 12.1. The molecule has 1 aliphatic heterocycles. The zero-order valence-electron chi connectivity index (χ0n) is 16.1. The Morgan fingerprint density at radius 1 is 1.07 bits per heavy atom. The summed E-state index contributed by atoms with van der Waals surface area (Å²) >= 11 is 1.59. The molecule has 0 aromatic heterocycles. The van der Waals surface area contributed by atoms with Crippen LogP contribution in [0.1, 0.15) is 15.9 Å². The van der Waals surface area contributed by atoms with Gasteiger partial charge in [0.2, 0.25) is 10.0 Å². The molecule has 1 heterocycles. The number of para-hydroxylation sites is 1. The number of thioether (sulfide) groups is 1. The van der Waals surface area contributed by atoms with Gasteiger partial charge in [0, 0.05) is 43.2 Å². The molecule has 28 heavy (non-hydrogen) atoms. The van der Waals surface area contributed by atoms with Crippen LogP contribution in [0.4, 0.5) is 5.69 Å². The van der Waals surface area contributed by atoms with E-state index >= 15 is 0 Å². The fourth-order valence-corrected chi connectivity index (χ4v) is 4.61. The van der Waals surface area contributed by atoms with Crippen molar-refractivity contribution < 1.29 is 13.2 Å². The molecule has 1 N–H and O–H groups in total. The van der Waals surface area contributed by atoms with Crippen LogP contribution in [-0.4, -0.2) is 62.2 Å². The highest BCUT2D eigenvalue weighted by molar-refractivity contribution is 7.98. The van der Waals surface area contributed by atoms with Gasteiger partial charge in [-0.15, -0.1) is 11.8 Å². The molecule has 1 aliphatic rings. The molecule has 1 fully saturated rings. The number of rotatable bonds is 6. The highest BCUT2D eigenvalue weighted by atomic mass is 32.2. The second-order valence-electron chi connectivity index (χ2n) is 6.79. The number of sulfonamides is 1. The predicted molar refractivity (Wildman–Crippen MR) is 114 cm³/mol. The molecule has 0 atom stereocenters. The van der Waals surface area contributed by atoms with E-state index in [2.05, 4.69) is 10.2 Å². The Balaban J connectivity index is 1.63. The third kappa shape index (κ3) is 5.35. The van der Waals surface area contributed by atoms with Crippen LogP contribution < -0.4 is 5.32 Å². The Kier molecular flexibility index (Phi) is 6.77. The van der Waals surface area contributed by atoms with E-state index < -0.39 is 10.0 Å². The number of anilines is 1. The van der Waals surface area contributed by atoms with Crippen LogP contribution in [0.5, 0.6) is 0 Å². The minimum absolute atomic E-state index is 0.134. The van der Waals surface area contributed by atoms with Crippen molar-refractivity contribution in [2.75, 3.05) is 44.0 Å². The van der Waals surface area contributed by atoms with Crippen molar-refractivity contribution >= 4 is 33.4 Å². The molecule has 1 saturated heterocycles. The average molecular weight is 420 g/mol. The first-order chi connectivity index (χ1) is 13.4. The first-order valence-electron chi connectivity index (χ1n) is 9.07. The molecule has 0 bridgehead atoms. The zero-order valence-corrected chi connectivity index (χ0v) is 17.7. The number of benzene rings is 2. The van der Waals surface area contributed by atoms with Crippen molar-refractivity contribution in [3.63, 3.8) is 0 Å². The lowest BCUT2D eigenvalue weighted by molar-refractivity contribution is 0.102. The van der Waals surface area contributed by atoms with E-state index in [4.69, 9.17) is 0 Å². The number of hydrogen-bond donors (Lipinski definition) is 1. The molecule has 3 rings (SSSR count). The van der Waals surface area contributed by atoms with Crippen LogP contribution in [0, 0.1) is 0 Å². The number of hydrogen-bond acceptors (Lipinski definition) is 5. The molecule has 2 aromatic rings. The number of nitrogens with one attached hydrogen (secondary N) is 1. The lowest BCUT2D eigenvalue weighted by Gasteiger charge is -2.33. The molecule has 0 radical (unpaired) electrons. The van der Waals surface area contributed by atoms with Gasteiger partial charge in [-0.25, -0.2) is 8.42 Å². The molecule has 0 unspecified atom stereocenters. The second-order valence-corrected chi connectivity index (χ2v) is 9.62. The summed E-state index contributed by atoms with van der Waals surface area (Å²) in [6, 6.07) is 15.3. The van der Waals surface area contributed by atoms with Gasteiger partial charge < -0.3 is 5.32 Å². The van der Waals surface area contributed by atoms with Gasteiger partial charge >= 0.3 is 0 Å². The number of carbonyl (C=O) groups is 1. The molecular formula is C20H25N3O3S2. The summed E-state index contributed by atoms with van der Waals surface area (Å²) < 4.78 is 24.8. The van der Waals surface area contributed by atoms with E-state index in [1.54, 1.807) is 11.8 Å². The maximum absolute atomic E-state index is 12.7. The minimum atomic E-state index is -3.12. The molecule has 0 saturated carbocycles. The summed E-state index contributed by atoms with van der Waals surface area (Å²) in [5.74, 6) is -0.134.